The number of aromatic nitrogens is 2. The van der Waals surface area contributed by atoms with E-state index in [4.69, 9.17) is 0 Å². The molecule has 4 heteroatoms. The summed E-state index contributed by atoms with van der Waals surface area (Å²) in [6.45, 7) is 1.96. The molecule has 1 aliphatic carbocycles. The first-order valence-electron chi connectivity index (χ1n) is 8.20. The lowest BCUT2D eigenvalue weighted by Crippen LogP contribution is -2.35. The van der Waals surface area contributed by atoms with Crippen LogP contribution in [0.4, 0.5) is 0 Å². The Labute approximate surface area is 141 Å². The molecule has 0 radical (unpaired) electrons. The van der Waals surface area contributed by atoms with Gasteiger partial charge in [-0.1, -0.05) is 42.5 Å². The molecule has 0 saturated carbocycles. The molecular formula is C20H19N3O. The van der Waals surface area contributed by atoms with Crippen molar-refractivity contribution in [3.8, 4) is 5.69 Å². The van der Waals surface area contributed by atoms with Gasteiger partial charge in [0.15, 0.2) is 5.69 Å². The normalized spacial score (nSPS) is 13.7. The first kappa shape index (κ1) is 14.7. The maximum absolute atomic E-state index is 12.6. The number of aryl methyl sites for hydroxylation is 1. The Morgan fingerprint density at radius 1 is 1.04 bits per heavy atom. The molecule has 3 aromatic rings. The van der Waals surface area contributed by atoms with Crippen molar-refractivity contribution in [3.05, 3.63) is 83.2 Å². The molecule has 2 aromatic carbocycles. The quantitative estimate of drug-likeness (QED) is 0.807. The summed E-state index contributed by atoms with van der Waals surface area (Å²) in [5.41, 5.74) is 5.03. The Bertz CT molecular complexity index is 858. The van der Waals surface area contributed by atoms with Crippen LogP contribution < -0.4 is 5.32 Å². The van der Waals surface area contributed by atoms with E-state index in [0.717, 1.165) is 24.2 Å². The molecule has 4 nitrogen and oxygen atoms in total. The van der Waals surface area contributed by atoms with Crippen LogP contribution in [0.25, 0.3) is 5.69 Å². The zero-order valence-electron chi connectivity index (χ0n) is 13.6. The van der Waals surface area contributed by atoms with E-state index >= 15 is 0 Å². The largest absolute Gasteiger partial charge is 0.347 e. The van der Waals surface area contributed by atoms with Crippen molar-refractivity contribution < 1.29 is 4.79 Å². The fourth-order valence-electron chi connectivity index (χ4n) is 3.34. The highest BCUT2D eigenvalue weighted by molar-refractivity contribution is 5.92. The molecule has 1 aromatic heterocycles. The second-order valence-electron chi connectivity index (χ2n) is 6.27. The third-order valence-corrected chi connectivity index (χ3v) is 4.51. The van der Waals surface area contributed by atoms with Crippen LogP contribution in [0.2, 0.25) is 0 Å². The van der Waals surface area contributed by atoms with Crippen molar-refractivity contribution in [3.63, 3.8) is 0 Å². The molecule has 0 atom stereocenters. The third kappa shape index (κ3) is 2.71. The predicted molar refractivity (Wildman–Crippen MR) is 93.4 cm³/mol. The maximum atomic E-state index is 12.6. The second kappa shape index (κ2) is 5.96. The van der Waals surface area contributed by atoms with Crippen LogP contribution in [0.15, 0.2) is 60.7 Å². The molecule has 1 N–H and O–H groups in total. The summed E-state index contributed by atoms with van der Waals surface area (Å²) >= 11 is 0. The molecule has 120 valence electrons. The van der Waals surface area contributed by atoms with Crippen molar-refractivity contribution in [1.82, 2.24) is 15.1 Å². The smallest absolute Gasteiger partial charge is 0.272 e. The molecule has 1 amide bonds. The van der Waals surface area contributed by atoms with Gasteiger partial charge < -0.3 is 5.32 Å². The Balaban J connectivity index is 1.50. The number of amides is 1. The zero-order chi connectivity index (χ0) is 16.5. The molecule has 0 bridgehead atoms. The first-order chi connectivity index (χ1) is 11.7. The van der Waals surface area contributed by atoms with Gasteiger partial charge in [0.25, 0.3) is 5.91 Å². The van der Waals surface area contributed by atoms with Gasteiger partial charge in [0.05, 0.1) is 5.69 Å². The van der Waals surface area contributed by atoms with Crippen LogP contribution in [-0.4, -0.2) is 21.7 Å². The molecule has 1 heterocycles. The average molecular weight is 317 g/mol. The summed E-state index contributed by atoms with van der Waals surface area (Å²) in [5.74, 6) is -0.106. The van der Waals surface area contributed by atoms with Crippen LogP contribution >= 0.6 is 0 Å². The average Bonchev–Trinajstić information content (AvgIpc) is 3.18. The summed E-state index contributed by atoms with van der Waals surface area (Å²) in [4.78, 5) is 12.6. The highest BCUT2D eigenvalue weighted by Crippen LogP contribution is 2.22. The molecule has 0 aliphatic heterocycles. The van der Waals surface area contributed by atoms with E-state index in [1.165, 1.54) is 11.1 Å². The number of para-hydroxylation sites is 1. The van der Waals surface area contributed by atoms with E-state index in [1.54, 1.807) is 4.68 Å². The van der Waals surface area contributed by atoms with Crippen molar-refractivity contribution in [2.45, 2.75) is 25.8 Å². The fourth-order valence-corrected chi connectivity index (χ4v) is 3.34. The third-order valence-electron chi connectivity index (χ3n) is 4.51. The highest BCUT2D eigenvalue weighted by atomic mass is 16.2. The van der Waals surface area contributed by atoms with Crippen molar-refractivity contribution >= 4 is 5.91 Å². The Hall–Kier alpha value is -2.88. The van der Waals surface area contributed by atoms with Gasteiger partial charge in [0, 0.05) is 11.7 Å². The van der Waals surface area contributed by atoms with Gasteiger partial charge in [-0.25, -0.2) is 4.68 Å². The van der Waals surface area contributed by atoms with Crippen molar-refractivity contribution in [2.24, 2.45) is 0 Å². The number of fused-ring (bicyclic) bond motifs is 1. The van der Waals surface area contributed by atoms with Gasteiger partial charge in [0.1, 0.15) is 0 Å². The zero-order valence-corrected chi connectivity index (χ0v) is 13.6. The summed E-state index contributed by atoms with van der Waals surface area (Å²) < 4.78 is 1.80. The minimum Gasteiger partial charge on any atom is -0.347 e. The van der Waals surface area contributed by atoms with Gasteiger partial charge in [0.2, 0.25) is 0 Å². The monoisotopic (exact) mass is 317 g/mol. The van der Waals surface area contributed by atoms with Crippen LogP contribution in [0.3, 0.4) is 0 Å². The Morgan fingerprint density at radius 2 is 1.67 bits per heavy atom. The lowest BCUT2D eigenvalue weighted by atomic mass is 10.1. The number of benzene rings is 2. The minimum absolute atomic E-state index is 0.106. The second-order valence-corrected chi connectivity index (χ2v) is 6.27. The van der Waals surface area contributed by atoms with E-state index in [0.29, 0.717) is 5.69 Å². The van der Waals surface area contributed by atoms with E-state index in [2.05, 4.69) is 22.5 Å². The molecule has 0 fully saturated rings. The molecule has 4 rings (SSSR count). The Kier molecular flexibility index (Phi) is 3.65. The number of rotatable bonds is 3. The van der Waals surface area contributed by atoms with Gasteiger partial charge in [-0.15, -0.1) is 0 Å². The summed E-state index contributed by atoms with van der Waals surface area (Å²) in [6.07, 6.45) is 1.78. The minimum atomic E-state index is -0.106. The van der Waals surface area contributed by atoms with Crippen molar-refractivity contribution in [2.75, 3.05) is 0 Å². The van der Waals surface area contributed by atoms with E-state index in [9.17, 15) is 4.79 Å². The Morgan fingerprint density at radius 3 is 2.33 bits per heavy atom. The van der Waals surface area contributed by atoms with E-state index in [1.807, 2.05) is 55.5 Å². The number of hydrogen-bond acceptors (Lipinski definition) is 2. The SMILES string of the molecule is Cc1cc(C(=O)NC2Cc3ccccc3C2)nn1-c1ccccc1. The molecule has 1 aliphatic rings. The van der Waals surface area contributed by atoms with E-state index in [-0.39, 0.29) is 11.9 Å². The molecule has 0 spiro atoms. The molecule has 24 heavy (non-hydrogen) atoms. The lowest BCUT2D eigenvalue weighted by Gasteiger charge is -2.10. The fraction of sp³-hybridized carbons (Fsp3) is 0.200. The first-order valence-corrected chi connectivity index (χ1v) is 8.20. The van der Waals surface area contributed by atoms with Crippen LogP contribution in [-0.2, 0) is 12.8 Å². The van der Waals surface area contributed by atoms with Crippen molar-refractivity contribution in [1.29, 1.82) is 0 Å². The predicted octanol–water partition coefficient (Wildman–Crippen LogP) is 3.08. The standard InChI is InChI=1S/C20H19N3O/c1-14-11-19(22-23(14)18-9-3-2-4-10-18)20(24)21-17-12-15-7-5-6-8-16(15)13-17/h2-11,17H,12-13H2,1H3,(H,21,24). The number of nitrogens with zero attached hydrogens (tertiary/aromatic N) is 2. The molecular weight excluding hydrogens is 298 g/mol. The van der Waals surface area contributed by atoms with Gasteiger partial charge in [-0.05, 0) is 49.1 Å². The number of carbonyl (C=O) groups is 1. The van der Waals surface area contributed by atoms with Crippen LogP contribution in [0.1, 0.15) is 27.3 Å². The number of nitrogens with one attached hydrogen (secondary N) is 1. The van der Waals surface area contributed by atoms with Gasteiger partial charge >= 0.3 is 0 Å². The highest BCUT2D eigenvalue weighted by Gasteiger charge is 2.24. The number of hydrogen-bond donors (Lipinski definition) is 1. The molecule has 0 saturated heterocycles. The van der Waals surface area contributed by atoms with Gasteiger partial charge in [-0.2, -0.15) is 5.10 Å². The summed E-state index contributed by atoms with van der Waals surface area (Å²) in [5, 5.41) is 7.60. The maximum Gasteiger partial charge on any atom is 0.272 e. The molecule has 0 unspecified atom stereocenters. The summed E-state index contributed by atoms with van der Waals surface area (Å²) in [7, 11) is 0. The number of carbonyl (C=O) groups excluding carboxylic acids is 1. The van der Waals surface area contributed by atoms with Gasteiger partial charge in [-0.3, -0.25) is 4.79 Å². The summed E-state index contributed by atoms with van der Waals surface area (Å²) in [6, 6.07) is 20.2. The van der Waals surface area contributed by atoms with E-state index < -0.39 is 0 Å². The van der Waals surface area contributed by atoms with Crippen LogP contribution in [0.5, 0.6) is 0 Å². The topological polar surface area (TPSA) is 46.9 Å². The lowest BCUT2D eigenvalue weighted by molar-refractivity contribution is 0.0933. The van der Waals surface area contributed by atoms with Crippen LogP contribution in [0, 0.1) is 6.92 Å².